The van der Waals surface area contributed by atoms with Crippen LogP contribution in [-0.4, -0.2) is 36.6 Å². The van der Waals surface area contributed by atoms with Crippen LogP contribution in [0.3, 0.4) is 0 Å². The van der Waals surface area contributed by atoms with Gasteiger partial charge in [0, 0.05) is 11.0 Å². The molecular formula is C26H33IO4. The van der Waals surface area contributed by atoms with Gasteiger partial charge in [0.05, 0.1) is 19.3 Å². The van der Waals surface area contributed by atoms with Crippen LogP contribution in [0.1, 0.15) is 37.7 Å². The normalized spacial score (nSPS) is 17.5. The summed E-state index contributed by atoms with van der Waals surface area (Å²) in [5.74, 6) is 1.84. The van der Waals surface area contributed by atoms with Crippen LogP contribution in [-0.2, 0) is 15.9 Å². The van der Waals surface area contributed by atoms with E-state index in [9.17, 15) is 0 Å². The standard InChI is InChI=1S/C26H33IO4/c27-21-25(31-26-13-4-5-20-30-26)12-8-9-22-14-16-24(17-15-22)29-19-7-6-18-28-23-10-2-1-3-11-23/h1-3,8,10-12,14-17,25-26H,4-7,9,13,18-21H2/b12-8-/t25-,26?/m0/s1. The minimum Gasteiger partial charge on any atom is -0.494 e. The number of ether oxygens (including phenoxy) is 4. The zero-order chi connectivity index (χ0) is 21.6. The first-order valence-electron chi connectivity index (χ1n) is 11.2. The lowest BCUT2D eigenvalue weighted by molar-refractivity contribution is -0.173. The largest absolute Gasteiger partial charge is 0.494 e. The van der Waals surface area contributed by atoms with E-state index in [-0.39, 0.29) is 12.4 Å². The molecule has 0 N–H and O–H groups in total. The first-order valence-corrected chi connectivity index (χ1v) is 12.8. The fourth-order valence-electron chi connectivity index (χ4n) is 3.33. The fraction of sp³-hybridized carbons (Fsp3) is 0.462. The maximum atomic E-state index is 6.05. The Morgan fingerprint density at radius 3 is 2.29 bits per heavy atom. The Hall–Kier alpha value is -1.57. The molecule has 168 valence electrons. The van der Waals surface area contributed by atoms with Gasteiger partial charge in [-0.1, -0.05) is 65.1 Å². The first-order chi connectivity index (χ1) is 15.3. The van der Waals surface area contributed by atoms with E-state index in [2.05, 4.69) is 46.9 Å². The van der Waals surface area contributed by atoms with Crippen molar-refractivity contribution in [2.75, 3.05) is 24.2 Å². The zero-order valence-corrected chi connectivity index (χ0v) is 20.2. The van der Waals surface area contributed by atoms with E-state index < -0.39 is 0 Å². The lowest BCUT2D eigenvalue weighted by Crippen LogP contribution is -2.27. The SMILES string of the molecule is IC[C@H](/C=C\Cc1ccc(OCCCCOc2ccccc2)cc1)OC1CCCCO1. The van der Waals surface area contributed by atoms with E-state index in [1.807, 2.05) is 42.5 Å². The second-order valence-electron chi connectivity index (χ2n) is 7.62. The second kappa shape index (κ2) is 14.5. The molecule has 3 rings (SSSR count). The maximum Gasteiger partial charge on any atom is 0.158 e. The van der Waals surface area contributed by atoms with E-state index in [1.54, 1.807) is 0 Å². The Morgan fingerprint density at radius 1 is 0.935 bits per heavy atom. The van der Waals surface area contributed by atoms with Gasteiger partial charge in [0.25, 0.3) is 0 Å². The van der Waals surface area contributed by atoms with Crippen molar-refractivity contribution in [2.45, 2.75) is 50.9 Å². The average molecular weight is 536 g/mol. The molecule has 0 spiro atoms. The molecule has 0 radical (unpaired) electrons. The van der Waals surface area contributed by atoms with E-state index in [4.69, 9.17) is 18.9 Å². The van der Waals surface area contributed by atoms with Crippen molar-refractivity contribution in [1.29, 1.82) is 0 Å². The lowest BCUT2D eigenvalue weighted by Gasteiger charge is -2.25. The summed E-state index contributed by atoms with van der Waals surface area (Å²) in [5, 5.41) is 0. The van der Waals surface area contributed by atoms with Crippen LogP contribution in [0.2, 0.25) is 0 Å². The predicted octanol–water partition coefficient (Wildman–Crippen LogP) is 6.37. The van der Waals surface area contributed by atoms with Gasteiger partial charge in [-0.15, -0.1) is 0 Å². The molecule has 0 saturated carbocycles. The molecule has 1 saturated heterocycles. The molecule has 4 nitrogen and oxygen atoms in total. The molecule has 1 unspecified atom stereocenters. The van der Waals surface area contributed by atoms with E-state index in [0.717, 1.165) is 54.6 Å². The van der Waals surface area contributed by atoms with Crippen LogP contribution in [0.5, 0.6) is 11.5 Å². The molecule has 0 aliphatic carbocycles. The van der Waals surface area contributed by atoms with Crippen LogP contribution in [0.25, 0.3) is 0 Å². The molecule has 1 aliphatic heterocycles. The molecular weight excluding hydrogens is 503 g/mol. The molecule has 1 heterocycles. The van der Waals surface area contributed by atoms with Crippen molar-refractivity contribution in [1.82, 2.24) is 0 Å². The van der Waals surface area contributed by atoms with Crippen molar-refractivity contribution >= 4 is 22.6 Å². The number of benzene rings is 2. The highest BCUT2D eigenvalue weighted by atomic mass is 127. The summed E-state index contributed by atoms with van der Waals surface area (Å²) in [6.45, 7) is 2.24. The number of rotatable bonds is 13. The Labute approximate surface area is 200 Å². The van der Waals surface area contributed by atoms with Gasteiger partial charge in [0.15, 0.2) is 6.29 Å². The lowest BCUT2D eigenvalue weighted by atomic mass is 10.1. The maximum absolute atomic E-state index is 6.05. The van der Waals surface area contributed by atoms with Gasteiger partial charge in [-0.2, -0.15) is 0 Å². The number of unbranched alkanes of at least 4 members (excludes halogenated alkanes) is 1. The van der Waals surface area contributed by atoms with Gasteiger partial charge in [0.1, 0.15) is 11.5 Å². The highest BCUT2D eigenvalue weighted by Crippen LogP contribution is 2.18. The van der Waals surface area contributed by atoms with E-state index in [1.165, 1.54) is 12.0 Å². The van der Waals surface area contributed by atoms with Crippen molar-refractivity contribution in [3.8, 4) is 11.5 Å². The van der Waals surface area contributed by atoms with Gasteiger partial charge >= 0.3 is 0 Å². The molecule has 5 heteroatoms. The molecule has 0 bridgehead atoms. The summed E-state index contributed by atoms with van der Waals surface area (Å²) >= 11 is 2.37. The summed E-state index contributed by atoms with van der Waals surface area (Å²) in [6.07, 6.45) is 10.6. The Bertz CT molecular complexity index is 742. The minimum absolute atomic E-state index is 0.0421. The topological polar surface area (TPSA) is 36.9 Å². The van der Waals surface area contributed by atoms with Crippen molar-refractivity contribution < 1.29 is 18.9 Å². The third-order valence-corrected chi connectivity index (χ3v) is 5.93. The van der Waals surface area contributed by atoms with Crippen molar-refractivity contribution in [3.63, 3.8) is 0 Å². The van der Waals surface area contributed by atoms with Gasteiger partial charge in [-0.25, -0.2) is 0 Å². The van der Waals surface area contributed by atoms with Gasteiger partial charge in [0.2, 0.25) is 0 Å². The number of alkyl halides is 1. The van der Waals surface area contributed by atoms with Crippen molar-refractivity contribution in [2.24, 2.45) is 0 Å². The van der Waals surface area contributed by atoms with Crippen LogP contribution < -0.4 is 9.47 Å². The van der Waals surface area contributed by atoms with Gasteiger partial charge in [-0.05, 0) is 68.4 Å². The van der Waals surface area contributed by atoms with Gasteiger partial charge in [-0.3, -0.25) is 0 Å². The van der Waals surface area contributed by atoms with Crippen LogP contribution in [0, 0.1) is 0 Å². The van der Waals surface area contributed by atoms with E-state index >= 15 is 0 Å². The molecule has 1 fully saturated rings. The summed E-state index contributed by atoms with van der Waals surface area (Å²) in [6, 6.07) is 18.3. The summed E-state index contributed by atoms with van der Waals surface area (Å²) in [4.78, 5) is 0. The Kier molecular flexibility index (Phi) is 11.3. The average Bonchev–Trinajstić information content (AvgIpc) is 2.83. The molecule has 0 amide bonds. The number of allylic oxidation sites excluding steroid dienone is 1. The minimum atomic E-state index is -0.0421. The monoisotopic (exact) mass is 536 g/mol. The quantitative estimate of drug-likeness (QED) is 0.129. The van der Waals surface area contributed by atoms with E-state index in [0.29, 0.717) is 13.2 Å². The number of halogens is 1. The molecule has 2 aromatic rings. The molecule has 1 aliphatic rings. The summed E-state index contributed by atoms with van der Waals surface area (Å²) < 4.78 is 24.2. The molecule has 31 heavy (non-hydrogen) atoms. The Morgan fingerprint density at radius 2 is 1.65 bits per heavy atom. The van der Waals surface area contributed by atoms with Crippen molar-refractivity contribution in [3.05, 3.63) is 72.3 Å². The predicted molar refractivity (Wildman–Crippen MR) is 133 cm³/mol. The Balaban J connectivity index is 1.29. The van der Waals surface area contributed by atoms with Crippen LogP contribution in [0.15, 0.2) is 66.7 Å². The zero-order valence-electron chi connectivity index (χ0n) is 18.1. The fourth-order valence-corrected chi connectivity index (χ4v) is 3.83. The first kappa shape index (κ1) is 24.1. The highest BCUT2D eigenvalue weighted by Gasteiger charge is 2.17. The van der Waals surface area contributed by atoms with Crippen LogP contribution >= 0.6 is 22.6 Å². The van der Waals surface area contributed by atoms with Gasteiger partial charge < -0.3 is 18.9 Å². The summed E-state index contributed by atoms with van der Waals surface area (Å²) in [5.41, 5.74) is 1.26. The van der Waals surface area contributed by atoms with Crippen LogP contribution in [0.4, 0.5) is 0 Å². The highest BCUT2D eigenvalue weighted by molar-refractivity contribution is 14.1. The third kappa shape index (κ3) is 9.62. The number of hydrogen-bond donors (Lipinski definition) is 0. The molecule has 0 aromatic heterocycles. The number of hydrogen-bond acceptors (Lipinski definition) is 4. The third-order valence-electron chi connectivity index (χ3n) is 5.06. The number of para-hydroxylation sites is 1. The smallest absolute Gasteiger partial charge is 0.158 e. The molecule has 2 atom stereocenters. The molecule has 2 aromatic carbocycles. The second-order valence-corrected chi connectivity index (χ2v) is 8.50. The summed E-state index contributed by atoms with van der Waals surface area (Å²) in [7, 11) is 0.